The van der Waals surface area contributed by atoms with E-state index in [9.17, 15) is 19.5 Å². The van der Waals surface area contributed by atoms with Gasteiger partial charge in [0.05, 0.1) is 0 Å². The summed E-state index contributed by atoms with van der Waals surface area (Å²) in [7, 11) is 0. The minimum atomic E-state index is -1.14. The predicted octanol–water partition coefficient (Wildman–Crippen LogP) is 3.53. The van der Waals surface area contributed by atoms with E-state index < -0.39 is 23.7 Å². The van der Waals surface area contributed by atoms with Crippen molar-refractivity contribution in [1.29, 1.82) is 0 Å². The number of ether oxygens (including phenoxy) is 2. The number of alkyl carbamates (subject to hydrolysis) is 1. The Morgan fingerprint density at radius 3 is 2.06 bits per heavy atom. The lowest BCUT2D eigenvalue weighted by Gasteiger charge is -2.35. The van der Waals surface area contributed by atoms with Gasteiger partial charge in [0.15, 0.2) is 0 Å². The van der Waals surface area contributed by atoms with Gasteiger partial charge >= 0.3 is 18.2 Å². The lowest BCUT2D eigenvalue weighted by molar-refractivity contribution is -0.140. The van der Waals surface area contributed by atoms with E-state index in [-0.39, 0.29) is 25.2 Å². The molecule has 1 fully saturated rings. The van der Waals surface area contributed by atoms with Crippen LogP contribution in [0.5, 0.6) is 0 Å². The molecule has 36 heavy (non-hydrogen) atoms. The molecule has 2 aliphatic rings. The first-order valence-corrected chi connectivity index (χ1v) is 12.2. The van der Waals surface area contributed by atoms with E-state index >= 15 is 0 Å². The van der Waals surface area contributed by atoms with Crippen LogP contribution in [-0.4, -0.2) is 84.0 Å². The Kier molecular flexibility index (Phi) is 7.49. The zero-order chi connectivity index (χ0) is 25.9. The molecule has 0 radical (unpaired) electrons. The van der Waals surface area contributed by atoms with Gasteiger partial charge in [-0.25, -0.2) is 14.4 Å². The van der Waals surface area contributed by atoms with E-state index in [1.54, 1.807) is 25.7 Å². The Morgan fingerprint density at radius 2 is 1.53 bits per heavy atom. The number of carbonyl (C=O) groups excluding carboxylic acids is 2. The summed E-state index contributed by atoms with van der Waals surface area (Å²) >= 11 is 0. The smallest absolute Gasteiger partial charge is 0.409 e. The van der Waals surface area contributed by atoms with Gasteiger partial charge in [-0.05, 0) is 43.0 Å². The predicted molar refractivity (Wildman–Crippen MR) is 134 cm³/mol. The molecule has 9 nitrogen and oxygen atoms in total. The van der Waals surface area contributed by atoms with Gasteiger partial charge in [0, 0.05) is 38.6 Å². The molecule has 1 aliphatic heterocycles. The van der Waals surface area contributed by atoms with E-state index in [0.717, 1.165) is 11.1 Å². The Morgan fingerprint density at radius 1 is 0.972 bits per heavy atom. The van der Waals surface area contributed by atoms with Crippen LogP contribution < -0.4 is 5.32 Å². The molecule has 1 aliphatic carbocycles. The molecule has 9 heteroatoms. The standard InChI is InChI=1S/C27H33N3O6/c1-27(2,3)36-25(33)28-23(24(31)32)16-29-12-14-30(15-13-29)26(34)35-17-22-20-10-6-4-8-18(20)19-9-5-7-11-21(19)22/h4-11,22-23H,12-17H2,1-3H3,(H,28,33)(H,31,32)/t23-/m0/s1. The maximum absolute atomic E-state index is 12.8. The summed E-state index contributed by atoms with van der Waals surface area (Å²) < 4.78 is 10.9. The highest BCUT2D eigenvalue weighted by Crippen LogP contribution is 2.44. The number of hydrogen-bond donors (Lipinski definition) is 2. The molecular weight excluding hydrogens is 462 g/mol. The molecule has 1 heterocycles. The highest BCUT2D eigenvalue weighted by molar-refractivity contribution is 5.80. The normalized spacial score (nSPS) is 16.6. The number of fused-ring (bicyclic) bond motifs is 3. The van der Waals surface area contributed by atoms with Crippen LogP contribution in [0, 0.1) is 0 Å². The summed E-state index contributed by atoms with van der Waals surface area (Å²) in [6.07, 6.45) is -1.15. The monoisotopic (exact) mass is 495 g/mol. The van der Waals surface area contributed by atoms with Gasteiger partial charge < -0.3 is 24.8 Å². The summed E-state index contributed by atoms with van der Waals surface area (Å²) in [6.45, 7) is 7.29. The molecule has 0 aromatic heterocycles. The molecule has 1 atom stereocenters. The van der Waals surface area contributed by atoms with Gasteiger partial charge in [-0.3, -0.25) is 4.90 Å². The molecular formula is C27H33N3O6. The average Bonchev–Trinajstić information content (AvgIpc) is 3.15. The topological polar surface area (TPSA) is 108 Å². The lowest BCUT2D eigenvalue weighted by atomic mass is 9.98. The highest BCUT2D eigenvalue weighted by Gasteiger charge is 2.32. The highest BCUT2D eigenvalue weighted by atomic mass is 16.6. The fraction of sp³-hybridized carbons (Fsp3) is 0.444. The minimum Gasteiger partial charge on any atom is -0.480 e. The average molecular weight is 496 g/mol. The molecule has 0 unspecified atom stereocenters. The first kappa shape index (κ1) is 25.5. The Bertz CT molecular complexity index is 1070. The Labute approximate surface area is 211 Å². The molecule has 0 bridgehead atoms. The summed E-state index contributed by atoms with van der Waals surface area (Å²) in [4.78, 5) is 40.0. The van der Waals surface area contributed by atoms with Gasteiger partial charge in [-0.2, -0.15) is 0 Å². The molecule has 1 saturated heterocycles. The number of amides is 2. The van der Waals surface area contributed by atoms with Crippen molar-refractivity contribution in [3.05, 3.63) is 59.7 Å². The largest absolute Gasteiger partial charge is 0.480 e. The second kappa shape index (κ2) is 10.6. The van der Waals surface area contributed by atoms with Crippen LogP contribution in [0.2, 0.25) is 0 Å². The van der Waals surface area contributed by atoms with Crippen molar-refractivity contribution in [2.45, 2.75) is 38.3 Å². The van der Waals surface area contributed by atoms with Crippen LogP contribution in [0.3, 0.4) is 0 Å². The van der Waals surface area contributed by atoms with Crippen molar-refractivity contribution in [1.82, 2.24) is 15.1 Å². The summed E-state index contributed by atoms with van der Waals surface area (Å²) in [5, 5.41) is 11.9. The maximum Gasteiger partial charge on any atom is 0.409 e. The second-order valence-electron chi connectivity index (χ2n) is 10.1. The van der Waals surface area contributed by atoms with Gasteiger partial charge in [0.2, 0.25) is 0 Å². The number of rotatable bonds is 6. The van der Waals surface area contributed by atoms with Crippen LogP contribution in [0.15, 0.2) is 48.5 Å². The van der Waals surface area contributed by atoms with Gasteiger partial charge in [-0.15, -0.1) is 0 Å². The van der Waals surface area contributed by atoms with E-state index in [0.29, 0.717) is 26.2 Å². The SMILES string of the molecule is CC(C)(C)OC(=O)N[C@@H](CN1CCN(C(=O)OCC2c3ccccc3-c3ccccc32)CC1)C(=O)O. The molecule has 192 valence electrons. The first-order valence-electron chi connectivity index (χ1n) is 12.2. The third kappa shape index (κ3) is 5.96. The van der Waals surface area contributed by atoms with Crippen molar-refractivity contribution in [3.8, 4) is 11.1 Å². The second-order valence-corrected chi connectivity index (χ2v) is 10.1. The molecule has 0 saturated carbocycles. The Balaban J connectivity index is 1.28. The van der Waals surface area contributed by atoms with E-state index in [1.807, 2.05) is 29.2 Å². The third-order valence-electron chi connectivity index (χ3n) is 6.40. The van der Waals surface area contributed by atoms with Crippen molar-refractivity contribution in [2.75, 3.05) is 39.3 Å². The number of carboxylic acid groups (broad SMARTS) is 1. The molecule has 2 amide bonds. The summed E-state index contributed by atoms with van der Waals surface area (Å²) in [6, 6.07) is 15.3. The van der Waals surface area contributed by atoms with Crippen molar-refractivity contribution in [2.24, 2.45) is 0 Å². The van der Waals surface area contributed by atoms with Crippen LogP contribution >= 0.6 is 0 Å². The maximum atomic E-state index is 12.8. The number of hydrogen-bond acceptors (Lipinski definition) is 6. The van der Waals surface area contributed by atoms with Gasteiger partial charge in [0.1, 0.15) is 18.2 Å². The van der Waals surface area contributed by atoms with E-state index in [1.165, 1.54) is 11.1 Å². The third-order valence-corrected chi connectivity index (χ3v) is 6.40. The number of benzene rings is 2. The first-order chi connectivity index (χ1) is 17.1. The van der Waals surface area contributed by atoms with E-state index in [2.05, 4.69) is 29.6 Å². The molecule has 2 N–H and O–H groups in total. The quantitative estimate of drug-likeness (QED) is 0.631. The van der Waals surface area contributed by atoms with Crippen molar-refractivity contribution < 1.29 is 29.0 Å². The summed E-state index contributed by atoms with van der Waals surface area (Å²) in [5.74, 6) is -1.14. The number of aliphatic carboxylic acids is 1. The lowest BCUT2D eigenvalue weighted by Crippen LogP contribution is -2.55. The van der Waals surface area contributed by atoms with Gasteiger partial charge in [-0.1, -0.05) is 48.5 Å². The number of nitrogens with one attached hydrogen (secondary N) is 1. The van der Waals surface area contributed by atoms with E-state index in [4.69, 9.17) is 9.47 Å². The number of nitrogens with zero attached hydrogens (tertiary/aromatic N) is 2. The van der Waals surface area contributed by atoms with Crippen molar-refractivity contribution >= 4 is 18.2 Å². The minimum absolute atomic E-state index is 0.00195. The molecule has 0 spiro atoms. The van der Waals surface area contributed by atoms with Crippen LogP contribution in [0.1, 0.15) is 37.8 Å². The fourth-order valence-corrected chi connectivity index (χ4v) is 4.69. The van der Waals surface area contributed by atoms with Crippen LogP contribution in [-0.2, 0) is 14.3 Å². The molecule has 2 aromatic rings. The zero-order valence-electron chi connectivity index (χ0n) is 20.9. The summed E-state index contributed by atoms with van der Waals surface area (Å²) in [5.41, 5.74) is 3.95. The molecule has 2 aromatic carbocycles. The number of piperazine rings is 1. The Hall–Kier alpha value is -3.59. The van der Waals surface area contributed by atoms with Crippen LogP contribution in [0.4, 0.5) is 9.59 Å². The fourth-order valence-electron chi connectivity index (χ4n) is 4.69. The number of carbonyl (C=O) groups is 3. The van der Waals surface area contributed by atoms with Gasteiger partial charge in [0.25, 0.3) is 0 Å². The zero-order valence-corrected chi connectivity index (χ0v) is 20.9. The van der Waals surface area contributed by atoms with Crippen LogP contribution in [0.25, 0.3) is 11.1 Å². The number of carboxylic acids is 1. The van der Waals surface area contributed by atoms with Crippen molar-refractivity contribution in [3.63, 3.8) is 0 Å². The molecule has 4 rings (SSSR count).